The summed E-state index contributed by atoms with van der Waals surface area (Å²) >= 11 is 0. The van der Waals surface area contributed by atoms with Gasteiger partial charge in [0.2, 0.25) is 0 Å². The van der Waals surface area contributed by atoms with E-state index in [0.717, 1.165) is 46.8 Å². The van der Waals surface area contributed by atoms with Gasteiger partial charge >= 0.3 is 0 Å². The lowest BCUT2D eigenvalue weighted by molar-refractivity contribution is -0.206. The standard InChI is InChI=1S/C23H34/c1-2-3-22-10-18-7-19(11-22)9-20(8-18)21(22)23-12-15-4-16(13-23)6-17(5-15)14-23/h2,15-21H,1,3-14H2. The summed E-state index contributed by atoms with van der Waals surface area (Å²) in [5, 5.41) is 0. The Morgan fingerprint density at radius 2 is 1.17 bits per heavy atom. The molecular weight excluding hydrogens is 276 g/mol. The summed E-state index contributed by atoms with van der Waals surface area (Å²) in [5.74, 6) is 7.76. The third-order valence-electron chi connectivity index (χ3n) is 9.76. The van der Waals surface area contributed by atoms with Crippen LogP contribution in [0.2, 0.25) is 0 Å². The summed E-state index contributed by atoms with van der Waals surface area (Å²) in [5.41, 5.74) is 1.48. The third kappa shape index (κ3) is 1.79. The summed E-state index contributed by atoms with van der Waals surface area (Å²) in [6.07, 6.45) is 21.4. The second kappa shape index (κ2) is 4.47. The van der Waals surface area contributed by atoms with Gasteiger partial charge < -0.3 is 0 Å². The number of hydrogen-bond acceptors (Lipinski definition) is 0. The zero-order valence-electron chi connectivity index (χ0n) is 14.8. The molecular formula is C23H34. The molecule has 126 valence electrons. The first kappa shape index (κ1) is 14.0. The van der Waals surface area contributed by atoms with E-state index in [0.29, 0.717) is 5.41 Å². The van der Waals surface area contributed by atoms with Crippen LogP contribution in [0.5, 0.6) is 0 Å². The molecule has 3 unspecified atom stereocenters. The quantitative estimate of drug-likeness (QED) is 0.543. The van der Waals surface area contributed by atoms with Crippen LogP contribution >= 0.6 is 0 Å². The van der Waals surface area contributed by atoms with E-state index in [1.54, 1.807) is 70.6 Å². The molecule has 0 aromatic carbocycles. The molecule has 0 aromatic heterocycles. The SMILES string of the molecule is C=CCC12CC3CC(CC(C3)C1C13CC4CC(CC(C4)C1)C3)C2. The fraction of sp³-hybridized carbons (Fsp3) is 0.913. The fourth-order valence-electron chi connectivity index (χ4n) is 10.5. The van der Waals surface area contributed by atoms with Gasteiger partial charge in [-0.05, 0) is 129 Å². The predicted octanol–water partition coefficient (Wildman–Crippen LogP) is 6.22. The molecule has 0 amide bonds. The van der Waals surface area contributed by atoms with E-state index in [1.807, 2.05) is 0 Å². The molecule has 8 saturated carbocycles. The first-order valence-electron chi connectivity index (χ1n) is 10.8. The minimum atomic E-state index is 0.697. The maximum Gasteiger partial charge on any atom is -0.0222 e. The van der Waals surface area contributed by atoms with Gasteiger partial charge in [0.25, 0.3) is 0 Å². The van der Waals surface area contributed by atoms with Gasteiger partial charge in [0.1, 0.15) is 0 Å². The molecule has 0 spiro atoms. The number of rotatable bonds is 3. The molecule has 0 nitrogen and oxygen atoms in total. The second-order valence-corrected chi connectivity index (χ2v) is 11.2. The van der Waals surface area contributed by atoms with Crippen LogP contribution in [0.4, 0.5) is 0 Å². The molecule has 0 heteroatoms. The molecule has 3 atom stereocenters. The van der Waals surface area contributed by atoms with E-state index in [1.165, 1.54) is 6.42 Å². The molecule has 8 aliphatic carbocycles. The van der Waals surface area contributed by atoms with Crippen molar-refractivity contribution in [3.63, 3.8) is 0 Å². The Morgan fingerprint density at radius 1 is 0.696 bits per heavy atom. The lowest BCUT2D eigenvalue weighted by Gasteiger charge is -2.70. The predicted molar refractivity (Wildman–Crippen MR) is 94.9 cm³/mol. The van der Waals surface area contributed by atoms with Crippen molar-refractivity contribution >= 4 is 0 Å². The first-order valence-corrected chi connectivity index (χ1v) is 10.8. The van der Waals surface area contributed by atoms with Crippen LogP contribution in [-0.4, -0.2) is 0 Å². The van der Waals surface area contributed by atoms with Crippen molar-refractivity contribution in [3.05, 3.63) is 12.7 Å². The van der Waals surface area contributed by atoms with Crippen LogP contribution in [-0.2, 0) is 0 Å². The van der Waals surface area contributed by atoms with Crippen molar-refractivity contribution in [2.45, 2.75) is 77.0 Å². The summed E-state index contributed by atoms with van der Waals surface area (Å²) in [4.78, 5) is 0. The largest absolute Gasteiger partial charge is 0.103 e. The van der Waals surface area contributed by atoms with Gasteiger partial charge in [-0.2, -0.15) is 0 Å². The Bertz CT molecular complexity index is 479. The van der Waals surface area contributed by atoms with Crippen LogP contribution in [0.3, 0.4) is 0 Å². The zero-order chi connectivity index (χ0) is 15.2. The maximum absolute atomic E-state index is 4.22. The van der Waals surface area contributed by atoms with Crippen LogP contribution in [0.15, 0.2) is 12.7 Å². The molecule has 8 bridgehead atoms. The van der Waals surface area contributed by atoms with E-state index < -0.39 is 0 Å². The minimum Gasteiger partial charge on any atom is -0.103 e. The average Bonchev–Trinajstić information content (AvgIpc) is 2.43. The summed E-state index contributed by atoms with van der Waals surface area (Å²) in [6.45, 7) is 4.22. The monoisotopic (exact) mass is 310 g/mol. The van der Waals surface area contributed by atoms with Crippen LogP contribution in [0.25, 0.3) is 0 Å². The molecule has 0 heterocycles. The van der Waals surface area contributed by atoms with E-state index in [9.17, 15) is 0 Å². The third-order valence-corrected chi connectivity index (χ3v) is 9.76. The van der Waals surface area contributed by atoms with E-state index in [2.05, 4.69) is 12.7 Å². The van der Waals surface area contributed by atoms with Crippen molar-refractivity contribution in [1.29, 1.82) is 0 Å². The number of allylic oxidation sites excluding steroid dienone is 1. The highest BCUT2D eigenvalue weighted by Crippen LogP contribution is 2.74. The van der Waals surface area contributed by atoms with Gasteiger partial charge in [-0.1, -0.05) is 6.08 Å². The van der Waals surface area contributed by atoms with Crippen molar-refractivity contribution < 1.29 is 0 Å². The van der Waals surface area contributed by atoms with Crippen molar-refractivity contribution in [2.24, 2.45) is 52.3 Å². The fourth-order valence-corrected chi connectivity index (χ4v) is 10.5. The second-order valence-electron chi connectivity index (χ2n) is 11.2. The Labute approximate surface area is 142 Å². The van der Waals surface area contributed by atoms with Crippen molar-refractivity contribution in [3.8, 4) is 0 Å². The van der Waals surface area contributed by atoms with E-state index in [4.69, 9.17) is 0 Å². The molecule has 0 saturated heterocycles. The lowest BCUT2D eigenvalue weighted by Crippen LogP contribution is -2.62. The van der Waals surface area contributed by atoms with Gasteiger partial charge in [-0.25, -0.2) is 0 Å². The van der Waals surface area contributed by atoms with Crippen LogP contribution in [0, 0.1) is 52.3 Å². The highest BCUT2D eigenvalue weighted by molar-refractivity contribution is 5.15. The van der Waals surface area contributed by atoms with Gasteiger partial charge in [0.05, 0.1) is 0 Å². The summed E-state index contributed by atoms with van der Waals surface area (Å²) in [7, 11) is 0. The normalized spacial score (nSPS) is 62.0. The Balaban J connectivity index is 1.43. The first-order chi connectivity index (χ1) is 11.2. The minimum absolute atomic E-state index is 0.697. The van der Waals surface area contributed by atoms with Gasteiger partial charge in [-0.3, -0.25) is 0 Å². The number of hydrogen-bond donors (Lipinski definition) is 0. The lowest BCUT2D eigenvalue weighted by atomic mass is 9.34. The topological polar surface area (TPSA) is 0 Å². The molecule has 8 aliphatic rings. The molecule has 23 heavy (non-hydrogen) atoms. The summed E-state index contributed by atoms with van der Waals surface area (Å²) < 4.78 is 0. The van der Waals surface area contributed by atoms with E-state index >= 15 is 0 Å². The molecule has 0 aromatic rings. The molecule has 8 rings (SSSR count). The van der Waals surface area contributed by atoms with Crippen molar-refractivity contribution in [2.75, 3.05) is 0 Å². The van der Waals surface area contributed by atoms with E-state index in [-0.39, 0.29) is 0 Å². The average molecular weight is 311 g/mol. The van der Waals surface area contributed by atoms with Crippen LogP contribution < -0.4 is 0 Å². The Hall–Kier alpha value is -0.260. The van der Waals surface area contributed by atoms with Gasteiger partial charge in [-0.15, -0.1) is 6.58 Å². The van der Waals surface area contributed by atoms with Crippen molar-refractivity contribution in [1.82, 2.24) is 0 Å². The Morgan fingerprint density at radius 3 is 1.65 bits per heavy atom. The molecule has 0 radical (unpaired) electrons. The molecule has 0 aliphatic heterocycles. The van der Waals surface area contributed by atoms with Gasteiger partial charge in [0, 0.05) is 0 Å². The molecule has 0 N–H and O–H groups in total. The van der Waals surface area contributed by atoms with Crippen LogP contribution in [0.1, 0.15) is 77.0 Å². The highest BCUT2D eigenvalue weighted by atomic mass is 14.7. The molecule has 8 fully saturated rings. The highest BCUT2D eigenvalue weighted by Gasteiger charge is 2.65. The Kier molecular flexibility index (Phi) is 2.71. The summed E-state index contributed by atoms with van der Waals surface area (Å²) in [6, 6.07) is 0. The smallest absolute Gasteiger partial charge is 0.0222 e. The zero-order valence-corrected chi connectivity index (χ0v) is 14.8. The van der Waals surface area contributed by atoms with Gasteiger partial charge in [0.15, 0.2) is 0 Å². The maximum atomic E-state index is 4.22.